The first kappa shape index (κ1) is 24.1. The van der Waals surface area contributed by atoms with Gasteiger partial charge in [0.05, 0.1) is 0 Å². The highest BCUT2D eigenvalue weighted by Gasteiger charge is 2.35. The number of benzene rings is 1. The average molecular weight is 434 g/mol. The summed E-state index contributed by atoms with van der Waals surface area (Å²) in [6, 6.07) is 9.24. The Balaban J connectivity index is 2.48. The summed E-state index contributed by atoms with van der Waals surface area (Å²) in [7, 11) is 3.73. The lowest BCUT2D eigenvalue weighted by molar-refractivity contribution is -0.141. The second kappa shape index (κ2) is 9.31. The van der Waals surface area contributed by atoms with E-state index in [1.807, 2.05) is 51.9 Å². The van der Waals surface area contributed by atoms with Crippen molar-refractivity contribution in [3.8, 4) is 6.07 Å². The number of nitrogens with zero attached hydrogens (tertiary/aromatic N) is 5. The summed E-state index contributed by atoms with van der Waals surface area (Å²) >= 11 is 0. The van der Waals surface area contributed by atoms with E-state index in [0.717, 1.165) is 11.6 Å². The maximum absolute atomic E-state index is 13.3. The van der Waals surface area contributed by atoms with Gasteiger partial charge in [-0.1, -0.05) is 39.0 Å². The van der Waals surface area contributed by atoms with Gasteiger partial charge in [0.2, 0.25) is 5.82 Å². The molecule has 0 atom stereocenters. The van der Waals surface area contributed by atoms with Crippen molar-refractivity contribution in [1.82, 2.24) is 20.3 Å². The highest BCUT2D eigenvalue weighted by Crippen LogP contribution is 2.30. The third kappa shape index (κ3) is 6.93. The van der Waals surface area contributed by atoms with Crippen molar-refractivity contribution in [3.05, 3.63) is 53.0 Å². The third-order valence-corrected chi connectivity index (χ3v) is 4.00. The van der Waals surface area contributed by atoms with Crippen LogP contribution < -0.4 is 10.4 Å². The molecule has 0 spiro atoms. The number of anilines is 1. The highest BCUT2D eigenvalue weighted by molar-refractivity contribution is 5.96. The van der Waals surface area contributed by atoms with Gasteiger partial charge in [0.25, 0.3) is 5.91 Å². The van der Waals surface area contributed by atoms with Gasteiger partial charge in [-0.05, 0) is 31.1 Å². The fourth-order valence-corrected chi connectivity index (χ4v) is 2.82. The number of hydrogen-bond donors (Lipinski definition) is 1. The molecule has 7 nitrogen and oxygen atoms in total. The molecule has 2 rings (SSSR count). The van der Waals surface area contributed by atoms with Crippen LogP contribution in [0.3, 0.4) is 0 Å². The van der Waals surface area contributed by atoms with E-state index in [9.17, 15) is 18.0 Å². The topological polar surface area (TPSA) is 85.2 Å². The van der Waals surface area contributed by atoms with Gasteiger partial charge in [-0.3, -0.25) is 15.2 Å². The first-order chi connectivity index (χ1) is 14.3. The zero-order chi connectivity index (χ0) is 23.4. The SMILES string of the molecule is CN(C)Cc1ccccc1C(=O)NN(CC(C)(C)C)c1cc(C(F)(F)F)nc(C#N)n1. The molecule has 0 saturated carbocycles. The quantitative estimate of drug-likeness (QED) is 0.699. The summed E-state index contributed by atoms with van der Waals surface area (Å²) in [6.07, 6.45) is -4.76. The minimum absolute atomic E-state index is 0.147. The first-order valence-corrected chi connectivity index (χ1v) is 9.48. The predicted octanol–water partition coefficient (Wildman–Crippen LogP) is 3.63. The van der Waals surface area contributed by atoms with Gasteiger partial charge in [-0.15, -0.1) is 0 Å². The number of aromatic nitrogens is 2. The number of carbonyl (C=O) groups excluding carboxylic acids is 1. The van der Waals surface area contributed by atoms with Gasteiger partial charge >= 0.3 is 6.18 Å². The molecule has 0 aliphatic rings. The molecule has 10 heteroatoms. The second-order valence-electron chi connectivity index (χ2n) is 8.53. The Labute approximate surface area is 179 Å². The second-order valence-corrected chi connectivity index (χ2v) is 8.53. The van der Waals surface area contributed by atoms with Crippen LogP contribution in [-0.4, -0.2) is 41.4 Å². The van der Waals surface area contributed by atoms with Crippen LogP contribution in [0.1, 0.15) is 48.2 Å². The molecule has 0 aliphatic heterocycles. The van der Waals surface area contributed by atoms with Crippen LogP contribution in [0.2, 0.25) is 0 Å². The molecule has 1 aromatic heterocycles. The Hall–Kier alpha value is -3.19. The predicted molar refractivity (Wildman–Crippen MR) is 110 cm³/mol. The monoisotopic (exact) mass is 434 g/mol. The van der Waals surface area contributed by atoms with Crippen molar-refractivity contribution in [2.75, 3.05) is 25.6 Å². The van der Waals surface area contributed by atoms with Crippen LogP contribution in [0.5, 0.6) is 0 Å². The van der Waals surface area contributed by atoms with Crippen LogP contribution in [0.15, 0.2) is 30.3 Å². The van der Waals surface area contributed by atoms with Gasteiger partial charge in [0.1, 0.15) is 6.07 Å². The largest absolute Gasteiger partial charge is 0.433 e. The number of halogens is 3. The number of rotatable bonds is 6. The fraction of sp³-hybridized carbons (Fsp3) is 0.429. The number of carbonyl (C=O) groups is 1. The minimum Gasteiger partial charge on any atom is -0.305 e. The Kier molecular flexibility index (Phi) is 7.23. The van der Waals surface area contributed by atoms with Gasteiger partial charge in [0, 0.05) is 24.7 Å². The Morgan fingerprint density at radius 1 is 1.16 bits per heavy atom. The van der Waals surface area contributed by atoms with Gasteiger partial charge in [-0.2, -0.15) is 23.4 Å². The summed E-state index contributed by atoms with van der Waals surface area (Å²) in [6.45, 7) is 6.25. The van der Waals surface area contributed by atoms with E-state index in [-0.39, 0.29) is 12.4 Å². The summed E-state index contributed by atoms with van der Waals surface area (Å²) in [5.41, 5.74) is 2.14. The standard InChI is InChI=1S/C21H25F3N6O/c1-20(2,3)13-30(18-10-16(21(22,23)24)26-17(11-25)27-18)28-19(31)15-9-7-6-8-14(15)12-29(4)5/h6-10H,12-13H2,1-5H3,(H,28,31). The summed E-state index contributed by atoms with van der Waals surface area (Å²) in [5, 5.41) is 10.3. The lowest BCUT2D eigenvalue weighted by atomic mass is 9.96. The molecule has 166 valence electrons. The number of nitrogens with one attached hydrogen (secondary N) is 1. The molecule has 31 heavy (non-hydrogen) atoms. The molecule has 0 fully saturated rings. The third-order valence-electron chi connectivity index (χ3n) is 4.00. The van der Waals surface area contributed by atoms with E-state index < -0.39 is 29.0 Å². The van der Waals surface area contributed by atoms with Crippen LogP contribution in [0, 0.1) is 16.7 Å². The van der Waals surface area contributed by atoms with Crippen molar-refractivity contribution in [2.45, 2.75) is 33.5 Å². The maximum Gasteiger partial charge on any atom is 0.433 e. The molecule has 1 heterocycles. The highest BCUT2D eigenvalue weighted by atomic mass is 19.4. The van der Waals surface area contributed by atoms with E-state index in [1.165, 1.54) is 5.01 Å². The van der Waals surface area contributed by atoms with Crippen LogP contribution in [0.25, 0.3) is 0 Å². The Bertz CT molecular complexity index is 976. The van der Waals surface area contributed by atoms with Crippen LogP contribution in [-0.2, 0) is 12.7 Å². The van der Waals surface area contributed by atoms with Crippen LogP contribution in [0.4, 0.5) is 19.0 Å². The molecule has 0 saturated heterocycles. The van der Waals surface area contributed by atoms with E-state index >= 15 is 0 Å². The Morgan fingerprint density at radius 3 is 2.35 bits per heavy atom. The molecule has 0 aliphatic carbocycles. The van der Waals surface area contributed by atoms with Crippen LogP contribution >= 0.6 is 0 Å². The van der Waals surface area contributed by atoms with E-state index in [4.69, 9.17) is 5.26 Å². The maximum atomic E-state index is 13.3. The van der Waals surface area contributed by atoms with Crippen molar-refractivity contribution in [2.24, 2.45) is 5.41 Å². The number of hydrazine groups is 1. The van der Waals surface area contributed by atoms with Gasteiger partial charge in [-0.25, -0.2) is 4.98 Å². The van der Waals surface area contributed by atoms with E-state index in [1.54, 1.807) is 18.2 Å². The summed E-state index contributed by atoms with van der Waals surface area (Å²) in [5.74, 6) is -1.34. The molecule has 1 amide bonds. The molecule has 0 bridgehead atoms. The number of hydrogen-bond acceptors (Lipinski definition) is 6. The number of alkyl halides is 3. The minimum atomic E-state index is -4.76. The molecular formula is C21H25F3N6O. The average Bonchev–Trinajstić information content (AvgIpc) is 2.65. The van der Waals surface area contributed by atoms with Gasteiger partial charge < -0.3 is 4.90 Å². The summed E-state index contributed by atoms with van der Waals surface area (Å²) in [4.78, 5) is 22.1. The molecule has 1 N–H and O–H groups in total. The molecule has 2 aromatic rings. The number of nitriles is 1. The van der Waals surface area contributed by atoms with E-state index in [2.05, 4.69) is 15.4 Å². The van der Waals surface area contributed by atoms with Crippen molar-refractivity contribution < 1.29 is 18.0 Å². The zero-order valence-corrected chi connectivity index (χ0v) is 18.1. The van der Waals surface area contributed by atoms with Crippen molar-refractivity contribution >= 4 is 11.7 Å². The molecular weight excluding hydrogens is 409 g/mol. The lowest BCUT2D eigenvalue weighted by Crippen LogP contribution is -2.47. The summed E-state index contributed by atoms with van der Waals surface area (Å²) < 4.78 is 39.8. The zero-order valence-electron chi connectivity index (χ0n) is 18.1. The smallest absolute Gasteiger partial charge is 0.305 e. The normalized spacial score (nSPS) is 11.9. The molecule has 0 unspecified atom stereocenters. The lowest BCUT2D eigenvalue weighted by Gasteiger charge is -2.31. The van der Waals surface area contributed by atoms with E-state index in [0.29, 0.717) is 12.1 Å². The van der Waals surface area contributed by atoms with Crippen molar-refractivity contribution in [1.29, 1.82) is 5.26 Å². The number of amides is 1. The van der Waals surface area contributed by atoms with Gasteiger partial charge in [0.15, 0.2) is 11.5 Å². The first-order valence-electron chi connectivity index (χ1n) is 9.48. The fourth-order valence-electron chi connectivity index (χ4n) is 2.82. The Morgan fingerprint density at radius 2 is 1.81 bits per heavy atom. The molecule has 1 aromatic carbocycles. The molecule has 0 radical (unpaired) electrons. The van der Waals surface area contributed by atoms with Crippen molar-refractivity contribution in [3.63, 3.8) is 0 Å².